The molecule has 0 radical (unpaired) electrons. The third-order valence-electron chi connectivity index (χ3n) is 2.60. The summed E-state index contributed by atoms with van der Waals surface area (Å²) in [6.07, 6.45) is 1.89. The lowest BCUT2D eigenvalue weighted by molar-refractivity contribution is -0.384. The summed E-state index contributed by atoms with van der Waals surface area (Å²) in [7, 11) is -3.73. The summed E-state index contributed by atoms with van der Waals surface area (Å²) in [5, 5.41) is 13.6. The Balaban J connectivity index is 3.18. The van der Waals surface area contributed by atoms with Crippen LogP contribution >= 0.6 is 11.8 Å². The Kier molecular flexibility index (Phi) is 6.43. The molecule has 1 aromatic rings. The Morgan fingerprint density at radius 1 is 1.43 bits per heavy atom. The highest BCUT2D eigenvalue weighted by molar-refractivity contribution is 7.98. The molecule has 1 rings (SSSR count). The van der Waals surface area contributed by atoms with Crippen molar-refractivity contribution in [2.75, 3.05) is 23.9 Å². The average Bonchev–Trinajstić information content (AvgIpc) is 2.38. The minimum atomic E-state index is -3.73. The van der Waals surface area contributed by atoms with Gasteiger partial charge in [0.2, 0.25) is 10.0 Å². The Labute approximate surface area is 128 Å². The summed E-state index contributed by atoms with van der Waals surface area (Å²) in [5.74, 6) is 0.642. The molecule has 0 saturated heterocycles. The number of nitrogens with one attached hydrogen (secondary N) is 2. The number of nitrogens with zero attached hydrogens (tertiary/aromatic N) is 1. The topological polar surface area (TPSA) is 101 Å². The lowest BCUT2D eigenvalue weighted by Gasteiger charge is -2.16. The summed E-state index contributed by atoms with van der Waals surface area (Å²) in [6, 6.07) is 3.45. The molecule has 0 amide bonds. The molecule has 1 unspecified atom stereocenters. The number of benzene rings is 1. The van der Waals surface area contributed by atoms with E-state index in [0.717, 1.165) is 0 Å². The maximum absolute atomic E-state index is 12.4. The zero-order valence-electron chi connectivity index (χ0n) is 12.1. The molecule has 118 valence electrons. The molecule has 0 fully saturated rings. The SMILES string of the molecule is CCNc1cc([N+](=O)[O-])ccc1S(=O)(=O)NC(C)CSC. The van der Waals surface area contributed by atoms with Crippen LogP contribution in [0.25, 0.3) is 0 Å². The van der Waals surface area contributed by atoms with Crippen LogP contribution in [0, 0.1) is 10.1 Å². The number of sulfonamides is 1. The molecule has 0 aromatic heterocycles. The number of anilines is 1. The predicted molar refractivity (Wildman–Crippen MR) is 85.4 cm³/mol. The summed E-state index contributed by atoms with van der Waals surface area (Å²) in [6.45, 7) is 4.02. The van der Waals surface area contributed by atoms with Crippen molar-refractivity contribution in [2.45, 2.75) is 24.8 Å². The highest BCUT2D eigenvalue weighted by Crippen LogP contribution is 2.26. The number of hydrogen-bond donors (Lipinski definition) is 2. The van der Waals surface area contributed by atoms with Crippen LogP contribution in [0.2, 0.25) is 0 Å². The molecule has 0 aliphatic heterocycles. The Bertz CT molecular complexity index is 605. The molecule has 0 saturated carbocycles. The zero-order chi connectivity index (χ0) is 16.0. The zero-order valence-corrected chi connectivity index (χ0v) is 13.8. The van der Waals surface area contributed by atoms with Gasteiger partial charge >= 0.3 is 0 Å². The number of rotatable bonds is 8. The van der Waals surface area contributed by atoms with Crippen molar-refractivity contribution in [1.29, 1.82) is 0 Å². The summed E-state index contributed by atoms with van der Waals surface area (Å²) < 4.78 is 27.3. The molecule has 0 aliphatic rings. The van der Waals surface area contributed by atoms with E-state index in [0.29, 0.717) is 12.3 Å². The highest BCUT2D eigenvalue weighted by atomic mass is 32.2. The molecule has 21 heavy (non-hydrogen) atoms. The Morgan fingerprint density at radius 2 is 2.10 bits per heavy atom. The first kappa shape index (κ1) is 17.7. The lowest BCUT2D eigenvalue weighted by atomic mass is 10.3. The molecule has 0 heterocycles. The molecule has 0 aliphatic carbocycles. The van der Waals surface area contributed by atoms with E-state index in [1.165, 1.54) is 30.0 Å². The minimum absolute atomic E-state index is 0.0166. The molecule has 0 bridgehead atoms. The van der Waals surface area contributed by atoms with E-state index in [-0.39, 0.29) is 22.3 Å². The number of nitro benzene ring substituents is 1. The summed E-state index contributed by atoms with van der Waals surface area (Å²) >= 11 is 1.53. The fourth-order valence-corrected chi connectivity index (χ4v) is 3.90. The second kappa shape index (κ2) is 7.62. The molecule has 1 atom stereocenters. The van der Waals surface area contributed by atoms with Gasteiger partial charge in [-0.25, -0.2) is 13.1 Å². The van der Waals surface area contributed by atoms with E-state index in [1.54, 1.807) is 13.8 Å². The van der Waals surface area contributed by atoms with Crippen molar-refractivity contribution in [3.63, 3.8) is 0 Å². The van der Waals surface area contributed by atoms with Crippen molar-refractivity contribution < 1.29 is 13.3 Å². The standard InChI is InChI=1S/C12H19N3O4S2/c1-4-13-11-7-10(15(16)17)5-6-12(11)21(18,19)14-9(2)8-20-3/h5-7,9,13-14H,4,8H2,1-3H3. The number of nitro groups is 1. The number of hydrogen-bond acceptors (Lipinski definition) is 6. The van der Waals surface area contributed by atoms with Gasteiger partial charge in [-0.1, -0.05) is 0 Å². The van der Waals surface area contributed by atoms with Gasteiger partial charge in [-0.15, -0.1) is 0 Å². The fraction of sp³-hybridized carbons (Fsp3) is 0.500. The summed E-state index contributed by atoms with van der Waals surface area (Å²) in [4.78, 5) is 10.3. The van der Waals surface area contributed by atoms with Gasteiger partial charge in [0.05, 0.1) is 10.6 Å². The second-order valence-electron chi connectivity index (χ2n) is 4.45. The van der Waals surface area contributed by atoms with E-state index in [2.05, 4.69) is 10.0 Å². The minimum Gasteiger partial charge on any atom is -0.384 e. The van der Waals surface area contributed by atoms with Crippen molar-refractivity contribution in [2.24, 2.45) is 0 Å². The van der Waals surface area contributed by atoms with Crippen LogP contribution < -0.4 is 10.0 Å². The second-order valence-corrected chi connectivity index (χ2v) is 7.04. The molecular weight excluding hydrogens is 314 g/mol. The molecule has 0 spiro atoms. The van der Waals surface area contributed by atoms with Gasteiger partial charge in [0.15, 0.2) is 0 Å². The summed E-state index contributed by atoms with van der Waals surface area (Å²) in [5.41, 5.74) is 0.0811. The number of thioether (sulfide) groups is 1. The van der Waals surface area contributed by atoms with Gasteiger partial charge in [0.1, 0.15) is 4.90 Å². The van der Waals surface area contributed by atoms with E-state index < -0.39 is 14.9 Å². The molecular formula is C12H19N3O4S2. The van der Waals surface area contributed by atoms with Crippen LogP contribution in [-0.4, -0.2) is 37.9 Å². The van der Waals surface area contributed by atoms with Crippen LogP contribution in [0.3, 0.4) is 0 Å². The first-order valence-corrected chi connectivity index (χ1v) is 9.23. The first-order chi connectivity index (χ1) is 9.81. The molecule has 9 heteroatoms. The maximum atomic E-state index is 12.4. The number of non-ortho nitro benzene ring substituents is 1. The van der Waals surface area contributed by atoms with Crippen molar-refractivity contribution in [3.05, 3.63) is 28.3 Å². The smallest absolute Gasteiger partial charge is 0.271 e. The van der Waals surface area contributed by atoms with Crippen LogP contribution in [0.15, 0.2) is 23.1 Å². The van der Waals surface area contributed by atoms with Crippen molar-refractivity contribution in [1.82, 2.24) is 4.72 Å². The first-order valence-electron chi connectivity index (χ1n) is 6.35. The van der Waals surface area contributed by atoms with Crippen LogP contribution in [0.4, 0.5) is 11.4 Å². The maximum Gasteiger partial charge on any atom is 0.271 e. The highest BCUT2D eigenvalue weighted by Gasteiger charge is 2.22. The Hall–Kier alpha value is -1.32. The van der Waals surface area contributed by atoms with Gasteiger partial charge in [0, 0.05) is 30.5 Å². The van der Waals surface area contributed by atoms with Crippen LogP contribution in [0.1, 0.15) is 13.8 Å². The van der Waals surface area contributed by atoms with E-state index >= 15 is 0 Å². The van der Waals surface area contributed by atoms with E-state index in [4.69, 9.17) is 0 Å². The molecule has 7 nitrogen and oxygen atoms in total. The third kappa shape index (κ3) is 4.87. The van der Waals surface area contributed by atoms with Gasteiger partial charge in [-0.05, 0) is 26.2 Å². The lowest BCUT2D eigenvalue weighted by Crippen LogP contribution is -2.34. The fourth-order valence-electron chi connectivity index (χ4n) is 1.81. The Morgan fingerprint density at radius 3 is 2.62 bits per heavy atom. The molecule has 1 aromatic carbocycles. The average molecular weight is 333 g/mol. The predicted octanol–water partition coefficient (Wildman–Crippen LogP) is 2.06. The molecule has 2 N–H and O–H groups in total. The van der Waals surface area contributed by atoms with Crippen LogP contribution in [-0.2, 0) is 10.0 Å². The van der Waals surface area contributed by atoms with Gasteiger partial charge < -0.3 is 5.32 Å². The largest absolute Gasteiger partial charge is 0.384 e. The monoisotopic (exact) mass is 333 g/mol. The van der Waals surface area contributed by atoms with Gasteiger partial charge in [-0.3, -0.25) is 10.1 Å². The normalized spacial score (nSPS) is 12.9. The van der Waals surface area contributed by atoms with Crippen molar-refractivity contribution >= 4 is 33.2 Å². The van der Waals surface area contributed by atoms with Crippen molar-refractivity contribution in [3.8, 4) is 0 Å². The van der Waals surface area contributed by atoms with Gasteiger partial charge in [-0.2, -0.15) is 11.8 Å². The van der Waals surface area contributed by atoms with Gasteiger partial charge in [0.25, 0.3) is 5.69 Å². The van der Waals surface area contributed by atoms with E-state index in [9.17, 15) is 18.5 Å². The third-order valence-corrected chi connectivity index (χ3v) is 5.08. The quantitative estimate of drug-likeness (QED) is 0.558. The van der Waals surface area contributed by atoms with Crippen LogP contribution in [0.5, 0.6) is 0 Å². The van der Waals surface area contributed by atoms with E-state index in [1.807, 2.05) is 6.26 Å².